The minimum atomic E-state index is -0.709. The Morgan fingerprint density at radius 1 is 1.00 bits per heavy atom. The van der Waals surface area contributed by atoms with Crippen LogP contribution in [0.3, 0.4) is 0 Å². The van der Waals surface area contributed by atoms with Crippen LogP contribution in [-0.4, -0.2) is 42.0 Å². The van der Waals surface area contributed by atoms with Gasteiger partial charge in [0.25, 0.3) is 0 Å². The molecular formula is C22H27NO5. The first kappa shape index (κ1) is 19.4. The highest BCUT2D eigenvalue weighted by Crippen LogP contribution is 2.37. The summed E-state index contributed by atoms with van der Waals surface area (Å²) in [7, 11) is 0. The van der Waals surface area contributed by atoms with Crippen molar-refractivity contribution in [3.05, 3.63) is 65.7 Å². The number of ether oxygens (including phenoxy) is 4. The molecule has 0 aliphatic carbocycles. The highest BCUT2D eigenvalue weighted by molar-refractivity contribution is 5.27. The Labute approximate surface area is 165 Å². The maximum absolute atomic E-state index is 10.4. The zero-order valence-corrected chi connectivity index (χ0v) is 16.2. The quantitative estimate of drug-likeness (QED) is 0.764. The normalized spacial score (nSPS) is 28.2. The van der Waals surface area contributed by atoms with E-state index in [4.69, 9.17) is 18.9 Å². The molecule has 4 atom stereocenters. The molecule has 2 aromatic carbocycles. The van der Waals surface area contributed by atoms with Crippen molar-refractivity contribution in [2.45, 2.75) is 57.4 Å². The second-order valence-corrected chi connectivity index (χ2v) is 7.68. The van der Waals surface area contributed by atoms with E-state index in [0.717, 1.165) is 16.9 Å². The van der Waals surface area contributed by atoms with Crippen molar-refractivity contribution in [2.24, 2.45) is 0 Å². The van der Waals surface area contributed by atoms with Gasteiger partial charge in [0.15, 0.2) is 12.1 Å². The Balaban J connectivity index is 1.21. The third kappa shape index (κ3) is 4.54. The van der Waals surface area contributed by atoms with Gasteiger partial charge in [-0.1, -0.05) is 42.5 Å². The smallest absolute Gasteiger partial charge is 0.190 e. The molecule has 0 aromatic heterocycles. The lowest BCUT2D eigenvalue weighted by molar-refractivity contribution is -0.214. The summed E-state index contributed by atoms with van der Waals surface area (Å²) in [6.45, 7) is 5.39. The summed E-state index contributed by atoms with van der Waals surface area (Å²) in [6.07, 6.45) is -1.98. The van der Waals surface area contributed by atoms with Crippen molar-refractivity contribution in [1.29, 1.82) is 0 Å². The van der Waals surface area contributed by atoms with Crippen molar-refractivity contribution in [3.8, 4) is 5.75 Å². The number of hydrogen-bond donors (Lipinski definition) is 2. The molecular weight excluding hydrogens is 358 g/mol. The van der Waals surface area contributed by atoms with E-state index < -0.39 is 24.3 Å². The van der Waals surface area contributed by atoms with Gasteiger partial charge in [0.2, 0.25) is 0 Å². The molecule has 2 aromatic rings. The Kier molecular flexibility index (Phi) is 5.66. The van der Waals surface area contributed by atoms with Crippen LogP contribution < -0.4 is 10.1 Å². The van der Waals surface area contributed by atoms with Crippen LogP contribution in [-0.2, 0) is 27.4 Å². The average Bonchev–Trinajstić information content (AvgIpc) is 3.14. The summed E-state index contributed by atoms with van der Waals surface area (Å²) < 4.78 is 23.0. The fourth-order valence-corrected chi connectivity index (χ4v) is 3.53. The Morgan fingerprint density at radius 2 is 1.75 bits per heavy atom. The van der Waals surface area contributed by atoms with E-state index in [2.05, 4.69) is 5.32 Å². The predicted octanol–water partition coefficient (Wildman–Crippen LogP) is 2.59. The second-order valence-electron chi connectivity index (χ2n) is 7.68. The molecule has 2 aliphatic heterocycles. The molecule has 6 nitrogen and oxygen atoms in total. The van der Waals surface area contributed by atoms with Gasteiger partial charge in [0.1, 0.15) is 30.7 Å². The minimum absolute atomic E-state index is 0.348. The maximum atomic E-state index is 10.4. The zero-order valence-electron chi connectivity index (χ0n) is 16.2. The van der Waals surface area contributed by atoms with Crippen LogP contribution in [0.4, 0.5) is 0 Å². The van der Waals surface area contributed by atoms with E-state index in [1.165, 1.54) is 0 Å². The van der Waals surface area contributed by atoms with Gasteiger partial charge in [-0.25, -0.2) is 0 Å². The predicted molar refractivity (Wildman–Crippen MR) is 104 cm³/mol. The SMILES string of the molecule is CC1(C)O[C@H]2O[C@H](CNCc3ccc(OCc4ccccc4)cc3)[C@@H](O)[C@H]2O1. The molecule has 6 heteroatoms. The van der Waals surface area contributed by atoms with Crippen molar-refractivity contribution in [3.63, 3.8) is 0 Å². The summed E-state index contributed by atoms with van der Waals surface area (Å²) in [5.74, 6) is 0.130. The lowest BCUT2D eigenvalue weighted by Gasteiger charge is -2.23. The molecule has 2 N–H and O–H groups in total. The number of hydrogen-bond acceptors (Lipinski definition) is 6. The van der Waals surface area contributed by atoms with E-state index in [1.807, 2.05) is 68.4 Å². The van der Waals surface area contributed by atoms with Crippen molar-refractivity contribution < 1.29 is 24.1 Å². The van der Waals surface area contributed by atoms with Crippen LogP contribution in [0.25, 0.3) is 0 Å². The van der Waals surface area contributed by atoms with Gasteiger partial charge in [-0.05, 0) is 37.1 Å². The number of aliphatic hydroxyl groups excluding tert-OH is 1. The van der Waals surface area contributed by atoms with E-state index in [9.17, 15) is 5.11 Å². The lowest BCUT2D eigenvalue weighted by atomic mass is 10.1. The molecule has 0 unspecified atom stereocenters. The summed E-state index contributed by atoms with van der Waals surface area (Å²) >= 11 is 0. The zero-order chi connectivity index (χ0) is 19.6. The Bertz CT molecular complexity index is 764. The molecule has 0 radical (unpaired) electrons. The number of fused-ring (bicyclic) bond motifs is 1. The first-order chi connectivity index (χ1) is 13.5. The molecule has 2 saturated heterocycles. The number of nitrogens with one attached hydrogen (secondary N) is 1. The molecule has 0 bridgehead atoms. The molecule has 150 valence electrons. The third-order valence-electron chi connectivity index (χ3n) is 4.96. The van der Waals surface area contributed by atoms with Gasteiger partial charge >= 0.3 is 0 Å². The lowest BCUT2D eigenvalue weighted by Crippen LogP contribution is -2.39. The minimum Gasteiger partial charge on any atom is -0.489 e. The highest BCUT2D eigenvalue weighted by atomic mass is 16.8. The Hall–Kier alpha value is -1.96. The van der Waals surface area contributed by atoms with Gasteiger partial charge in [-0.15, -0.1) is 0 Å². The molecule has 2 aliphatic rings. The summed E-state index contributed by atoms with van der Waals surface area (Å²) in [4.78, 5) is 0. The maximum Gasteiger partial charge on any atom is 0.190 e. The fourth-order valence-electron chi connectivity index (χ4n) is 3.53. The molecule has 28 heavy (non-hydrogen) atoms. The van der Waals surface area contributed by atoms with Crippen LogP contribution in [0.1, 0.15) is 25.0 Å². The standard InChI is InChI=1S/C22H27NO5/c1-22(2)27-20-19(24)18(26-21(20)28-22)13-23-12-15-8-10-17(11-9-15)25-14-16-6-4-3-5-7-16/h3-11,18-21,23-24H,12-14H2,1-2H3/t18-,19-,20-,21-/m1/s1. The topological polar surface area (TPSA) is 69.2 Å². The van der Waals surface area contributed by atoms with Gasteiger partial charge in [0.05, 0.1) is 0 Å². The summed E-state index contributed by atoms with van der Waals surface area (Å²) in [6, 6.07) is 18.1. The molecule has 2 fully saturated rings. The first-order valence-electron chi connectivity index (χ1n) is 9.66. The average molecular weight is 385 g/mol. The van der Waals surface area contributed by atoms with Crippen molar-refractivity contribution in [1.82, 2.24) is 5.32 Å². The monoisotopic (exact) mass is 385 g/mol. The molecule has 0 saturated carbocycles. The first-order valence-corrected chi connectivity index (χ1v) is 9.66. The Morgan fingerprint density at radius 3 is 2.46 bits per heavy atom. The van der Waals surface area contributed by atoms with Crippen molar-refractivity contribution >= 4 is 0 Å². The van der Waals surface area contributed by atoms with Gasteiger partial charge < -0.3 is 29.4 Å². The fraction of sp³-hybridized carbons (Fsp3) is 0.455. The highest BCUT2D eigenvalue weighted by Gasteiger charge is 2.53. The molecule has 0 amide bonds. The third-order valence-corrected chi connectivity index (χ3v) is 4.96. The van der Waals surface area contributed by atoms with Gasteiger partial charge in [-0.2, -0.15) is 0 Å². The van der Waals surface area contributed by atoms with Crippen LogP contribution in [0.15, 0.2) is 54.6 Å². The number of benzene rings is 2. The molecule has 4 rings (SSSR count). The van der Waals surface area contributed by atoms with Crippen LogP contribution >= 0.6 is 0 Å². The van der Waals surface area contributed by atoms with E-state index in [1.54, 1.807) is 0 Å². The van der Waals surface area contributed by atoms with E-state index in [0.29, 0.717) is 19.7 Å². The van der Waals surface area contributed by atoms with Crippen LogP contribution in [0.2, 0.25) is 0 Å². The molecule has 0 spiro atoms. The molecule has 2 heterocycles. The van der Waals surface area contributed by atoms with E-state index in [-0.39, 0.29) is 6.10 Å². The number of aliphatic hydroxyl groups is 1. The van der Waals surface area contributed by atoms with Crippen LogP contribution in [0.5, 0.6) is 5.75 Å². The summed E-state index contributed by atoms with van der Waals surface area (Å²) in [5, 5.41) is 13.7. The van der Waals surface area contributed by atoms with Crippen LogP contribution in [0, 0.1) is 0 Å². The largest absolute Gasteiger partial charge is 0.489 e. The second kappa shape index (κ2) is 8.19. The number of rotatable bonds is 7. The summed E-state index contributed by atoms with van der Waals surface area (Å²) in [5.41, 5.74) is 2.28. The van der Waals surface area contributed by atoms with Crippen molar-refractivity contribution in [2.75, 3.05) is 6.54 Å². The van der Waals surface area contributed by atoms with Gasteiger partial charge in [0, 0.05) is 13.1 Å². The van der Waals surface area contributed by atoms with E-state index >= 15 is 0 Å². The van der Waals surface area contributed by atoms with Gasteiger partial charge in [-0.3, -0.25) is 0 Å².